The number of benzene rings is 2. The summed E-state index contributed by atoms with van der Waals surface area (Å²) in [5.41, 5.74) is 1.80. The van der Waals surface area contributed by atoms with Crippen molar-refractivity contribution in [2.24, 2.45) is 7.05 Å². The summed E-state index contributed by atoms with van der Waals surface area (Å²) in [7, 11) is 4.86. The lowest BCUT2D eigenvalue weighted by Crippen LogP contribution is -2.30. The molecule has 0 atom stereocenters. The minimum absolute atomic E-state index is 0.0248. The Kier molecular flexibility index (Phi) is 6.04. The summed E-state index contributed by atoms with van der Waals surface area (Å²) in [5.74, 6) is -0.577. The number of aliphatic hydroxyl groups is 1. The molecule has 4 aromatic rings. The van der Waals surface area contributed by atoms with Crippen molar-refractivity contribution < 1.29 is 34.3 Å². The SMILES string of the molecule is COc1ccc(Cn2c3c(c(O)c(C(=O)O)c2=O)CCOc2cc4c(cc2-3)cc(CO)n4C)c(OC)c1. The Hall–Kier alpha value is -4.44. The van der Waals surface area contributed by atoms with Crippen molar-refractivity contribution in [3.05, 3.63) is 69.1 Å². The van der Waals surface area contributed by atoms with Gasteiger partial charge in [0.1, 0.15) is 23.0 Å². The fourth-order valence-electron chi connectivity index (χ4n) is 4.95. The van der Waals surface area contributed by atoms with Gasteiger partial charge >= 0.3 is 5.97 Å². The van der Waals surface area contributed by atoms with Gasteiger partial charge in [0, 0.05) is 53.4 Å². The van der Waals surface area contributed by atoms with Gasteiger partial charge in [0.2, 0.25) is 0 Å². The van der Waals surface area contributed by atoms with E-state index in [4.69, 9.17) is 14.2 Å². The van der Waals surface area contributed by atoms with E-state index in [2.05, 4.69) is 0 Å². The second-order valence-corrected chi connectivity index (χ2v) is 8.78. The number of rotatable bonds is 6. The van der Waals surface area contributed by atoms with Gasteiger partial charge in [-0.2, -0.15) is 0 Å². The van der Waals surface area contributed by atoms with E-state index in [1.165, 1.54) is 18.8 Å². The van der Waals surface area contributed by atoms with Crippen molar-refractivity contribution >= 4 is 16.9 Å². The molecule has 0 amide bonds. The second-order valence-electron chi connectivity index (χ2n) is 8.78. The Labute approximate surface area is 211 Å². The molecule has 0 spiro atoms. The molecule has 3 N–H and O–H groups in total. The molecule has 10 nitrogen and oxygen atoms in total. The number of hydrogen-bond acceptors (Lipinski definition) is 7. The first-order valence-corrected chi connectivity index (χ1v) is 11.6. The molecule has 0 aliphatic carbocycles. The fraction of sp³-hybridized carbons (Fsp3) is 0.259. The van der Waals surface area contributed by atoms with Gasteiger partial charge in [0.25, 0.3) is 5.56 Å². The molecule has 37 heavy (non-hydrogen) atoms. The van der Waals surface area contributed by atoms with Crippen LogP contribution in [0.3, 0.4) is 0 Å². The Bertz CT molecular complexity index is 1620. The minimum atomic E-state index is -1.52. The highest BCUT2D eigenvalue weighted by atomic mass is 16.5. The van der Waals surface area contributed by atoms with E-state index < -0.39 is 22.8 Å². The van der Waals surface area contributed by atoms with E-state index >= 15 is 0 Å². The Morgan fingerprint density at radius 1 is 1.14 bits per heavy atom. The Morgan fingerprint density at radius 3 is 2.59 bits per heavy atom. The zero-order valence-corrected chi connectivity index (χ0v) is 20.6. The third-order valence-electron chi connectivity index (χ3n) is 6.84. The monoisotopic (exact) mass is 506 g/mol. The minimum Gasteiger partial charge on any atom is -0.506 e. The summed E-state index contributed by atoms with van der Waals surface area (Å²) >= 11 is 0. The van der Waals surface area contributed by atoms with Crippen molar-refractivity contribution in [3.63, 3.8) is 0 Å². The van der Waals surface area contributed by atoms with Crippen LogP contribution in [-0.4, -0.2) is 51.2 Å². The van der Waals surface area contributed by atoms with Crippen LogP contribution in [0.1, 0.15) is 27.2 Å². The fourth-order valence-corrected chi connectivity index (χ4v) is 4.95. The lowest BCUT2D eigenvalue weighted by atomic mass is 9.98. The standard InChI is InChI=1S/C27H26N2O8/c1-28-16(13-30)8-15-9-19-22(11-20(15)28)37-7-6-18-24(19)29(26(32)23(25(18)31)27(33)34)12-14-4-5-17(35-2)10-21(14)36-3/h4-5,8-11,30-31H,6-7,12-13H2,1-3H3,(H,33,34). The van der Waals surface area contributed by atoms with E-state index in [-0.39, 0.29) is 26.2 Å². The quantitative estimate of drug-likeness (QED) is 0.364. The number of carboxylic acid groups (broad SMARTS) is 1. The molecule has 0 fully saturated rings. The van der Waals surface area contributed by atoms with E-state index in [0.29, 0.717) is 45.3 Å². The number of aromatic hydroxyl groups is 1. The van der Waals surface area contributed by atoms with E-state index in [9.17, 15) is 24.9 Å². The highest BCUT2D eigenvalue weighted by Gasteiger charge is 2.30. The molecule has 2 aromatic heterocycles. The van der Waals surface area contributed by atoms with Crippen LogP contribution in [0.5, 0.6) is 23.0 Å². The number of pyridine rings is 1. The number of ether oxygens (including phenoxy) is 3. The molecule has 0 saturated carbocycles. The van der Waals surface area contributed by atoms with Crippen LogP contribution in [-0.2, 0) is 26.6 Å². The van der Waals surface area contributed by atoms with Gasteiger partial charge in [-0.1, -0.05) is 0 Å². The zero-order valence-electron chi connectivity index (χ0n) is 20.6. The zero-order chi connectivity index (χ0) is 26.4. The van der Waals surface area contributed by atoms with E-state index in [1.807, 2.05) is 29.8 Å². The third kappa shape index (κ3) is 3.86. The third-order valence-corrected chi connectivity index (χ3v) is 6.84. The summed E-state index contributed by atoms with van der Waals surface area (Å²) in [5, 5.41) is 31.3. The molecule has 0 saturated heterocycles. The number of aryl methyl sites for hydroxylation is 1. The summed E-state index contributed by atoms with van der Waals surface area (Å²) in [6, 6.07) is 10.6. The maximum Gasteiger partial charge on any atom is 0.345 e. The average molecular weight is 507 g/mol. The summed E-state index contributed by atoms with van der Waals surface area (Å²) < 4.78 is 20.0. The van der Waals surface area contributed by atoms with Gasteiger partial charge in [-0.3, -0.25) is 4.79 Å². The van der Waals surface area contributed by atoms with Gasteiger partial charge in [-0.25, -0.2) is 4.79 Å². The summed E-state index contributed by atoms with van der Waals surface area (Å²) in [6.45, 7) is -0.0134. The van der Waals surface area contributed by atoms with Crippen LogP contribution in [0.25, 0.3) is 22.2 Å². The van der Waals surface area contributed by atoms with Gasteiger partial charge in [-0.05, 0) is 24.3 Å². The van der Waals surface area contributed by atoms with Crippen LogP contribution in [0.4, 0.5) is 0 Å². The number of nitrogens with zero attached hydrogens (tertiary/aromatic N) is 2. The first-order valence-electron chi connectivity index (χ1n) is 11.6. The highest BCUT2D eigenvalue weighted by Crippen LogP contribution is 2.42. The lowest BCUT2D eigenvalue weighted by Gasteiger charge is -2.20. The topological polar surface area (TPSA) is 132 Å². The number of hydrogen-bond donors (Lipinski definition) is 3. The number of aromatic carboxylic acids is 1. The molecule has 1 aliphatic heterocycles. The number of aliphatic hydroxyl groups excluding tert-OH is 1. The molecule has 3 heterocycles. The Balaban J connectivity index is 1.83. The first kappa shape index (κ1) is 24.3. The van der Waals surface area contributed by atoms with Crippen molar-refractivity contribution in [2.45, 2.75) is 19.6 Å². The number of fused-ring (bicyclic) bond motifs is 4. The molecule has 0 unspecified atom stereocenters. The van der Waals surface area contributed by atoms with Crippen LogP contribution in [0.2, 0.25) is 0 Å². The number of carbonyl (C=O) groups is 1. The maximum absolute atomic E-state index is 13.6. The van der Waals surface area contributed by atoms with E-state index in [0.717, 1.165) is 10.9 Å². The van der Waals surface area contributed by atoms with Gasteiger partial charge in [0.15, 0.2) is 5.56 Å². The average Bonchev–Trinajstić information content (AvgIpc) is 3.07. The lowest BCUT2D eigenvalue weighted by molar-refractivity contribution is 0.0690. The van der Waals surface area contributed by atoms with E-state index in [1.54, 1.807) is 18.2 Å². The van der Waals surface area contributed by atoms with Crippen molar-refractivity contribution in [1.82, 2.24) is 9.13 Å². The van der Waals surface area contributed by atoms with Crippen molar-refractivity contribution in [2.75, 3.05) is 20.8 Å². The molecule has 1 aliphatic rings. The van der Waals surface area contributed by atoms with Crippen molar-refractivity contribution in [1.29, 1.82) is 0 Å². The molecule has 0 radical (unpaired) electrons. The molecule has 2 aromatic carbocycles. The first-order chi connectivity index (χ1) is 17.8. The number of aromatic nitrogens is 2. The Morgan fingerprint density at radius 2 is 1.92 bits per heavy atom. The van der Waals surface area contributed by atoms with Crippen LogP contribution >= 0.6 is 0 Å². The molecule has 10 heteroatoms. The number of methoxy groups -OCH3 is 2. The smallest absolute Gasteiger partial charge is 0.345 e. The predicted octanol–water partition coefficient (Wildman–Crippen LogP) is 2.90. The van der Waals surface area contributed by atoms with Crippen LogP contribution in [0.15, 0.2) is 41.2 Å². The van der Waals surface area contributed by atoms with Gasteiger partial charge in [0.05, 0.1) is 45.2 Å². The van der Waals surface area contributed by atoms with Crippen LogP contribution in [0, 0.1) is 0 Å². The van der Waals surface area contributed by atoms with Crippen LogP contribution < -0.4 is 19.8 Å². The summed E-state index contributed by atoms with van der Waals surface area (Å²) in [6.07, 6.45) is 0.189. The summed E-state index contributed by atoms with van der Waals surface area (Å²) in [4.78, 5) is 25.6. The molecule has 0 bridgehead atoms. The van der Waals surface area contributed by atoms with Gasteiger partial charge < -0.3 is 38.7 Å². The van der Waals surface area contributed by atoms with Gasteiger partial charge in [-0.15, -0.1) is 0 Å². The predicted molar refractivity (Wildman–Crippen MR) is 135 cm³/mol. The molecular formula is C27H26N2O8. The second kappa shape index (κ2) is 9.21. The highest BCUT2D eigenvalue weighted by molar-refractivity contribution is 5.94. The molecule has 5 rings (SSSR count). The maximum atomic E-state index is 13.6. The van der Waals surface area contributed by atoms with Crippen molar-refractivity contribution in [3.8, 4) is 34.3 Å². The molecule has 192 valence electrons. The largest absolute Gasteiger partial charge is 0.506 e. The molecular weight excluding hydrogens is 480 g/mol. The normalized spacial score (nSPS) is 12.4. The number of carboxylic acids is 1.